The summed E-state index contributed by atoms with van der Waals surface area (Å²) >= 11 is 0. The third-order valence-corrected chi connectivity index (χ3v) is 1.66. The number of hydrogen-bond acceptors (Lipinski definition) is 0. The summed E-state index contributed by atoms with van der Waals surface area (Å²) < 4.78 is 0. The van der Waals surface area contributed by atoms with E-state index in [1.165, 1.54) is 10.8 Å². The molecule has 0 saturated carbocycles. The Morgan fingerprint density at radius 1 is 0.545 bits per heavy atom. The fraction of sp³-hybridized carbons (Fsp3) is 0. The van der Waals surface area contributed by atoms with Crippen molar-refractivity contribution in [1.29, 1.82) is 0 Å². The first-order chi connectivity index (χ1) is 4.97. The van der Waals surface area contributed by atoms with Crippen LogP contribution in [0.4, 0.5) is 0 Å². The van der Waals surface area contributed by atoms with E-state index in [-0.39, 0.29) is 16.8 Å². The molecule has 0 unspecified atom stereocenters. The van der Waals surface area contributed by atoms with E-state index in [2.05, 4.69) is 48.5 Å². The molecule has 0 atom stereocenters. The zero-order valence-corrected chi connectivity index (χ0v) is 6.99. The van der Waals surface area contributed by atoms with Gasteiger partial charge in [-0.2, -0.15) is 0 Å². The molecule has 0 heterocycles. The van der Waals surface area contributed by atoms with Crippen LogP contribution in [0.25, 0.3) is 10.8 Å². The maximum Gasteiger partial charge on any atom is 2.00 e. The summed E-state index contributed by atoms with van der Waals surface area (Å²) in [6.45, 7) is 0. The van der Waals surface area contributed by atoms with Gasteiger partial charge in [-0.1, -0.05) is 48.5 Å². The van der Waals surface area contributed by atoms with Crippen molar-refractivity contribution in [1.82, 2.24) is 0 Å². The Balaban J connectivity index is 0.000000605. The van der Waals surface area contributed by atoms with E-state index in [1.54, 1.807) is 0 Å². The smallest absolute Gasteiger partial charge is 0.0616 e. The number of rotatable bonds is 0. The molecule has 2 aromatic rings. The second kappa shape index (κ2) is 3.55. The van der Waals surface area contributed by atoms with Crippen molar-refractivity contribution in [2.24, 2.45) is 0 Å². The zero-order chi connectivity index (χ0) is 6.81. The van der Waals surface area contributed by atoms with E-state index in [0.29, 0.717) is 0 Å². The first kappa shape index (κ1) is 8.30. The second-order valence-corrected chi connectivity index (χ2v) is 2.35. The molecule has 0 saturated heterocycles. The Morgan fingerprint density at radius 3 is 1.09 bits per heavy atom. The minimum absolute atomic E-state index is 0. The molecule has 0 nitrogen and oxygen atoms in total. The average molecular weight is 187 g/mol. The van der Waals surface area contributed by atoms with E-state index in [1.807, 2.05) is 0 Å². The average Bonchev–Trinajstić information content (AvgIpc) is 2.05. The number of benzene rings is 2. The van der Waals surface area contributed by atoms with E-state index < -0.39 is 0 Å². The van der Waals surface area contributed by atoms with Crippen molar-refractivity contribution in [2.45, 2.75) is 0 Å². The predicted molar refractivity (Wildman–Crippen MR) is 43.9 cm³/mol. The molecule has 2 rings (SSSR count). The van der Waals surface area contributed by atoms with Crippen LogP contribution in [-0.2, 0) is 16.8 Å². The maximum atomic E-state index is 2.12. The Labute approximate surface area is 76.4 Å². The van der Waals surface area contributed by atoms with Crippen LogP contribution in [0, 0.1) is 0 Å². The molecule has 0 aliphatic heterocycles. The molecule has 55 valence electrons. The van der Waals surface area contributed by atoms with Gasteiger partial charge < -0.3 is 0 Å². The van der Waals surface area contributed by atoms with Crippen LogP contribution < -0.4 is 0 Å². The van der Waals surface area contributed by atoms with Crippen LogP contribution in [0.2, 0.25) is 0 Å². The van der Waals surface area contributed by atoms with Gasteiger partial charge in [-0.15, -0.1) is 0 Å². The quantitative estimate of drug-likeness (QED) is 0.594. The van der Waals surface area contributed by atoms with Gasteiger partial charge in [0.15, 0.2) is 0 Å². The normalized spacial score (nSPS) is 9.09. The summed E-state index contributed by atoms with van der Waals surface area (Å²) in [5.74, 6) is 0. The molecule has 0 amide bonds. The molecule has 0 N–H and O–H groups in total. The molecular formula is C10H8Co+2. The van der Waals surface area contributed by atoms with Crippen LogP contribution in [0.5, 0.6) is 0 Å². The van der Waals surface area contributed by atoms with Crippen molar-refractivity contribution in [3.63, 3.8) is 0 Å². The molecule has 0 aliphatic rings. The van der Waals surface area contributed by atoms with Crippen molar-refractivity contribution < 1.29 is 16.8 Å². The van der Waals surface area contributed by atoms with Gasteiger partial charge in [-0.25, -0.2) is 0 Å². The topological polar surface area (TPSA) is 0 Å². The van der Waals surface area contributed by atoms with Crippen LogP contribution >= 0.6 is 0 Å². The van der Waals surface area contributed by atoms with Crippen molar-refractivity contribution in [3.8, 4) is 0 Å². The van der Waals surface area contributed by atoms with Gasteiger partial charge in [-0.3, -0.25) is 0 Å². The van der Waals surface area contributed by atoms with Crippen molar-refractivity contribution in [3.05, 3.63) is 48.5 Å². The van der Waals surface area contributed by atoms with Gasteiger partial charge in [0, 0.05) is 0 Å². The SMILES string of the molecule is [Co+2].c1ccc2ccccc2c1. The van der Waals surface area contributed by atoms with Crippen LogP contribution in [0.1, 0.15) is 0 Å². The molecular weight excluding hydrogens is 179 g/mol. The summed E-state index contributed by atoms with van der Waals surface area (Å²) in [5.41, 5.74) is 0. The summed E-state index contributed by atoms with van der Waals surface area (Å²) in [6, 6.07) is 16.7. The van der Waals surface area contributed by atoms with Gasteiger partial charge in [-0.05, 0) is 10.8 Å². The minimum atomic E-state index is 0. The third-order valence-electron chi connectivity index (χ3n) is 1.66. The fourth-order valence-corrected chi connectivity index (χ4v) is 1.13. The van der Waals surface area contributed by atoms with E-state index in [0.717, 1.165) is 0 Å². The van der Waals surface area contributed by atoms with E-state index in [4.69, 9.17) is 0 Å². The summed E-state index contributed by atoms with van der Waals surface area (Å²) in [4.78, 5) is 0. The van der Waals surface area contributed by atoms with E-state index >= 15 is 0 Å². The Bertz CT molecular complexity index is 276. The van der Waals surface area contributed by atoms with Gasteiger partial charge >= 0.3 is 16.8 Å². The number of hydrogen-bond donors (Lipinski definition) is 0. The molecule has 0 aliphatic carbocycles. The van der Waals surface area contributed by atoms with Crippen LogP contribution in [0.15, 0.2) is 48.5 Å². The Hall–Kier alpha value is -0.794. The van der Waals surface area contributed by atoms with Crippen molar-refractivity contribution in [2.75, 3.05) is 0 Å². The molecule has 11 heavy (non-hydrogen) atoms. The van der Waals surface area contributed by atoms with Crippen LogP contribution in [0.3, 0.4) is 0 Å². The molecule has 0 spiro atoms. The van der Waals surface area contributed by atoms with Gasteiger partial charge in [0.05, 0.1) is 0 Å². The molecule has 2 aromatic carbocycles. The first-order valence-electron chi connectivity index (χ1n) is 3.40. The standard InChI is InChI=1S/C10H8.Co/c1-2-6-10-8-4-3-7-9(10)5-1;/h1-8H;/q;+2. The monoisotopic (exact) mass is 187 g/mol. The first-order valence-corrected chi connectivity index (χ1v) is 3.40. The Kier molecular flexibility index (Phi) is 2.68. The minimum Gasteiger partial charge on any atom is -0.0616 e. The maximum absolute atomic E-state index is 2.12. The molecule has 1 heteroatoms. The largest absolute Gasteiger partial charge is 2.00 e. The Morgan fingerprint density at radius 2 is 0.818 bits per heavy atom. The van der Waals surface area contributed by atoms with Gasteiger partial charge in [0.1, 0.15) is 0 Å². The molecule has 0 fully saturated rings. The van der Waals surface area contributed by atoms with Gasteiger partial charge in [0.25, 0.3) is 0 Å². The zero-order valence-electron chi connectivity index (χ0n) is 5.95. The fourth-order valence-electron chi connectivity index (χ4n) is 1.13. The van der Waals surface area contributed by atoms with Crippen LogP contribution in [-0.4, -0.2) is 0 Å². The second-order valence-electron chi connectivity index (χ2n) is 2.35. The predicted octanol–water partition coefficient (Wildman–Crippen LogP) is 2.84. The van der Waals surface area contributed by atoms with E-state index in [9.17, 15) is 0 Å². The third kappa shape index (κ3) is 1.61. The summed E-state index contributed by atoms with van der Waals surface area (Å²) in [6.07, 6.45) is 0. The molecule has 0 aromatic heterocycles. The molecule has 1 radical (unpaired) electrons. The number of fused-ring (bicyclic) bond motifs is 1. The summed E-state index contributed by atoms with van der Waals surface area (Å²) in [5, 5.41) is 2.62. The van der Waals surface area contributed by atoms with Crippen molar-refractivity contribution >= 4 is 10.8 Å². The summed E-state index contributed by atoms with van der Waals surface area (Å²) in [7, 11) is 0. The van der Waals surface area contributed by atoms with Gasteiger partial charge in [0.2, 0.25) is 0 Å². The molecule has 0 bridgehead atoms.